The number of nitro groups is 2. The molecule has 1 aliphatic rings. The number of likely N-dealkylation sites (N-methyl/N-ethyl adjacent to an activating group) is 1. The number of nitrogens with two attached hydrogens (primary N) is 1. The molecular weight excluding hydrogens is 264 g/mol. The average Bonchev–Trinajstić information content (AvgIpc) is 3.23. The largest absolute Gasteiger partial charge is 0.365 e. The van der Waals surface area contributed by atoms with E-state index in [1.54, 1.807) is 11.9 Å². The first kappa shape index (κ1) is 14.2. The molecule has 0 heterocycles. The molecule has 2 rings (SSSR count). The minimum absolute atomic E-state index is 0.0233. The molecule has 0 saturated heterocycles. The number of hydrogen-bond donors (Lipinski definition) is 1. The lowest BCUT2D eigenvalue weighted by Crippen LogP contribution is -2.40. The first-order valence-corrected chi connectivity index (χ1v) is 6.31. The van der Waals surface area contributed by atoms with Gasteiger partial charge in [-0.2, -0.15) is 0 Å². The molecule has 8 nitrogen and oxygen atoms in total. The molecule has 8 heteroatoms. The zero-order valence-corrected chi connectivity index (χ0v) is 11.1. The Balaban J connectivity index is 2.39. The third-order valence-electron chi connectivity index (χ3n) is 3.65. The standard InChI is InChI=1S/C12H16N4O4/c1-14(12(7-13)8-2-3-8)10-5-4-9(15(17)18)6-11(10)16(19)20/h4-6,8,12H,2-3,7,13H2,1H3. The van der Waals surface area contributed by atoms with Crippen LogP contribution in [0.3, 0.4) is 0 Å². The van der Waals surface area contributed by atoms with Crippen LogP contribution < -0.4 is 10.6 Å². The molecule has 0 radical (unpaired) electrons. The van der Waals surface area contributed by atoms with Gasteiger partial charge in [0.1, 0.15) is 5.69 Å². The molecular formula is C12H16N4O4. The Labute approximate surface area is 115 Å². The van der Waals surface area contributed by atoms with Gasteiger partial charge in [-0.15, -0.1) is 0 Å². The summed E-state index contributed by atoms with van der Waals surface area (Å²) in [5, 5.41) is 21.8. The third-order valence-corrected chi connectivity index (χ3v) is 3.65. The summed E-state index contributed by atoms with van der Waals surface area (Å²) < 4.78 is 0. The van der Waals surface area contributed by atoms with Crippen molar-refractivity contribution in [3.05, 3.63) is 38.4 Å². The normalized spacial score (nSPS) is 15.7. The molecule has 1 aromatic rings. The Morgan fingerprint density at radius 1 is 1.35 bits per heavy atom. The Morgan fingerprint density at radius 3 is 2.45 bits per heavy atom. The van der Waals surface area contributed by atoms with E-state index in [9.17, 15) is 20.2 Å². The van der Waals surface area contributed by atoms with Crippen molar-refractivity contribution in [1.82, 2.24) is 0 Å². The number of benzene rings is 1. The second kappa shape index (κ2) is 5.41. The van der Waals surface area contributed by atoms with E-state index in [4.69, 9.17) is 5.73 Å². The zero-order valence-electron chi connectivity index (χ0n) is 11.1. The Bertz CT molecular complexity index is 544. The van der Waals surface area contributed by atoms with Crippen LogP contribution in [0.15, 0.2) is 18.2 Å². The highest BCUT2D eigenvalue weighted by Crippen LogP contribution is 2.39. The van der Waals surface area contributed by atoms with Gasteiger partial charge in [-0.05, 0) is 24.8 Å². The van der Waals surface area contributed by atoms with Crippen LogP contribution in [0.5, 0.6) is 0 Å². The van der Waals surface area contributed by atoms with Crippen molar-refractivity contribution < 1.29 is 9.85 Å². The SMILES string of the molecule is CN(c1ccc([N+](=O)[O-])cc1[N+](=O)[O-])C(CN)C1CC1. The van der Waals surface area contributed by atoms with E-state index in [-0.39, 0.29) is 17.4 Å². The molecule has 0 bridgehead atoms. The van der Waals surface area contributed by atoms with Gasteiger partial charge >= 0.3 is 0 Å². The molecule has 1 unspecified atom stereocenters. The van der Waals surface area contributed by atoms with Crippen molar-refractivity contribution >= 4 is 17.1 Å². The van der Waals surface area contributed by atoms with Crippen LogP contribution in [0.25, 0.3) is 0 Å². The highest BCUT2D eigenvalue weighted by Gasteiger charge is 2.35. The van der Waals surface area contributed by atoms with Crippen LogP contribution in [0.1, 0.15) is 12.8 Å². The predicted molar refractivity (Wildman–Crippen MR) is 73.7 cm³/mol. The number of hydrogen-bond acceptors (Lipinski definition) is 6. The second-order valence-electron chi connectivity index (χ2n) is 4.94. The van der Waals surface area contributed by atoms with Gasteiger partial charge in [0.2, 0.25) is 0 Å². The van der Waals surface area contributed by atoms with Gasteiger partial charge < -0.3 is 10.6 Å². The molecule has 0 aromatic heterocycles. The monoisotopic (exact) mass is 280 g/mol. The van der Waals surface area contributed by atoms with Crippen LogP contribution in [0.4, 0.5) is 17.1 Å². The summed E-state index contributed by atoms with van der Waals surface area (Å²) in [5.41, 5.74) is 5.55. The lowest BCUT2D eigenvalue weighted by atomic mass is 10.1. The van der Waals surface area contributed by atoms with Crippen molar-refractivity contribution in [2.45, 2.75) is 18.9 Å². The predicted octanol–water partition coefficient (Wildman–Crippen LogP) is 1.68. The minimum atomic E-state index is -0.641. The van der Waals surface area contributed by atoms with Crippen molar-refractivity contribution in [3.63, 3.8) is 0 Å². The molecule has 0 aliphatic heterocycles. The average molecular weight is 280 g/mol. The number of anilines is 1. The fourth-order valence-corrected chi connectivity index (χ4v) is 2.40. The molecule has 0 amide bonds. The van der Waals surface area contributed by atoms with Crippen LogP contribution in [-0.4, -0.2) is 29.5 Å². The highest BCUT2D eigenvalue weighted by molar-refractivity contribution is 5.67. The lowest BCUT2D eigenvalue weighted by Gasteiger charge is -2.28. The maximum absolute atomic E-state index is 11.1. The quantitative estimate of drug-likeness (QED) is 0.626. The van der Waals surface area contributed by atoms with Gasteiger partial charge in [0.05, 0.1) is 15.9 Å². The van der Waals surface area contributed by atoms with Crippen molar-refractivity contribution in [1.29, 1.82) is 0 Å². The maximum atomic E-state index is 11.1. The summed E-state index contributed by atoms with van der Waals surface area (Å²) >= 11 is 0. The van der Waals surface area contributed by atoms with Gasteiger partial charge in [-0.3, -0.25) is 20.2 Å². The number of nitro benzene ring substituents is 2. The van der Waals surface area contributed by atoms with E-state index in [0.29, 0.717) is 18.2 Å². The fraction of sp³-hybridized carbons (Fsp3) is 0.500. The lowest BCUT2D eigenvalue weighted by molar-refractivity contribution is -0.393. The molecule has 1 aromatic carbocycles. The van der Waals surface area contributed by atoms with Crippen LogP contribution in [0, 0.1) is 26.1 Å². The van der Waals surface area contributed by atoms with E-state index >= 15 is 0 Å². The fourth-order valence-electron chi connectivity index (χ4n) is 2.40. The van der Waals surface area contributed by atoms with Crippen LogP contribution in [0.2, 0.25) is 0 Å². The summed E-state index contributed by atoms with van der Waals surface area (Å²) in [5.74, 6) is 0.444. The topological polar surface area (TPSA) is 116 Å². The molecule has 1 saturated carbocycles. The highest BCUT2D eigenvalue weighted by atomic mass is 16.6. The third kappa shape index (κ3) is 2.69. The van der Waals surface area contributed by atoms with Gasteiger partial charge in [0, 0.05) is 25.7 Å². The number of non-ortho nitro benzene ring substituents is 1. The van der Waals surface area contributed by atoms with Gasteiger partial charge in [0.15, 0.2) is 0 Å². The van der Waals surface area contributed by atoms with E-state index in [1.807, 2.05) is 0 Å². The molecule has 2 N–H and O–H groups in total. The second-order valence-corrected chi connectivity index (χ2v) is 4.94. The van der Waals surface area contributed by atoms with E-state index in [1.165, 1.54) is 12.1 Å². The smallest absolute Gasteiger partial charge is 0.299 e. The Kier molecular flexibility index (Phi) is 3.84. The molecule has 1 atom stereocenters. The van der Waals surface area contributed by atoms with Gasteiger partial charge in [-0.25, -0.2) is 0 Å². The van der Waals surface area contributed by atoms with E-state index in [0.717, 1.165) is 18.9 Å². The van der Waals surface area contributed by atoms with Gasteiger partial charge in [-0.1, -0.05) is 0 Å². The summed E-state index contributed by atoms with van der Waals surface area (Å²) in [6.07, 6.45) is 2.12. The Morgan fingerprint density at radius 2 is 2.00 bits per heavy atom. The van der Waals surface area contributed by atoms with Crippen LogP contribution >= 0.6 is 0 Å². The van der Waals surface area contributed by atoms with Crippen molar-refractivity contribution in [3.8, 4) is 0 Å². The first-order chi connectivity index (χ1) is 9.45. The molecule has 108 valence electrons. The van der Waals surface area contributed by atoms with Gasteiger partial charge in [0.25, 0.3) is 11.4 Å². The zero-order chi connectivity index (χ0) is 14.9. The molecule has 20 heavy (non-hydrogen) atoms. The number of nitrogens with zero attached hydrogens (tertiary/aromatic N) is 3. The maximum Gasteiger partial charge on any atom is 0.299 e. The summed E-state index contributed by atoms with van der Waals surface area (Å²) in [7, 11) is 1.74. The van der Waals surface area contributed by atoms with Crippen LogP contribution in [-0.2, 0) is 0 Å². The molecule has 1 fully saturated rings. The summed E-state index contributed by atoms with van der Waals surface area (Å²) in [4.78, 5) is 22.4. The number of rotatable bonds is 6. The Hall–Kier alpha value is -2.22. The summed E-state index contributed by atoms with van der Waals surface area (Å²) in [6, 6.07) is 3.71. The van der Waals surface area contributed by atoms with Crippen molar-refractivity contribution in [2.75, 3.05) is 18.5 Å². The summed E-state index contributed by atoms with van der Waals surface area (Å²) in [6.45, 7) is 0.398. The minimum Gasteiger partial charge on any atom is -0.365 e. The van der Waals surface area contributed by atoms with Crippen molar-refractivity contribution in [2.24, 2.45) is 11.7 Å². The molecule has 1 aliphatic carbocycles. The molecule has 0 spiro atoms. The van der Waals surface area contributed by atoms with E-state index in [2.05, 4.69) is 0 Å². The first-order valence-electron chi connectivity index (χ1n) is 6.31. The van der Waals surface area contributed by atoms with E-state index < -0.39 is 9.85 Å².